The highest BCUT2D eigenvalue weighted by Gasteiger charge is 2.33. The summed E-state index contributed by atoms with van der Waals surface area (Å²) in [5.74, 6) is -0.785. The third-order valence-corrected chi connectivity index (χ3v) is 4.22. The monoisotopic (exact) mass is 370 g/mol. The summed E-state index contributed by atoms with van der Waals surface area (Å²) in [6.07, 6.45) is -2.47. The molecule has 0 spiro atoms. The first-order chi connectivity index (χ1) is 10.4. The fourth-order valence-electron chi connectivity index (χ4n) is 1.64. The van der Waals surface area contributed by atoms with Crippen LogP contribution in [-0.4, -0.2) is 38.0 Å². The van der Waals surface area contributed by atoms with Crippen molar-refractivity contribution in [3.63, 3.8) is 0 Å². The summed E-state index contributed by atoms with van der Waals surface area (Å²) in [7, 11) is -3.65. The van der Waals surface area contributed by atoms with E-state index in [4.69, 9.17) is 11.6 Å². The molecule has 0 heterocycles. The van der Waals surface area contributed by atoms with Crippen LogP contribution in [0.1, 0.15) is 5.56 Å². The molecule has 0 aliphatic heterocycles. The number of amides is 1. The summed E-state index contributed by atoms with van der Waals surface area (Å²) in [5, 5.41) is 1.70. The first-order valence-electron chi connectivity index (χ1n) is 6.17. The fourth-order valence-corrected chi connectivity index (χ4v) is 2.59. The van der Waals surface area contributed by atoms with E-state index in [-0.39, 0.29) is 12.2 Å². The zero-order valence-electron chi connectivity index (χ0n) is 12.0. The van der Waals surface area contributed by atoms with Gasteiger partial charge in [-0.05, 0) is 18.2 Å². The number of hydrogen-bond acceptors (Lipinski definition) is 3. The highest BCUT2D eigenvalue weighted by Crippen LogP contribution is 2.36. The van der Waals surface area contributed by atoms with Gasteiger partial charge in [-0.2, -0.15) is 17.5 Å². The molecule has 0 radical (unpaired) electrons. The van der Waals surface area contributed by atoms with E-state index in [0.717, 1.165) is 16.6 Å². The number of nitrogens with one attached hydrogen (secondary N) is 1. The van der Waals surface area contributed by atoms with Crippen LogP contribution < -0.4 is 5.32 Å². The Morgan fingerprint density at radius 2 is 2.04 bits per heavy atom. The number of nitrogens with zero attached hydrogens (tertiary/aromatic N) is 1. The number of carbonyl (C=O) groups is 1. The lowest BCUT2D eigenvalue weighted by atomic mass is 10.2. The van der Waals surface area contributed by atoms with Gasteiger partial charge in [0.05, 0.1) is 23.4 Å². The fraction of sp³-hybridized carbons (Fsp3) is 0.308. The summed E-state index contributed by atoms with van der Waals surface area (Å²) in [6.45, 7) is 2.73. The minimum Gasteiger partial charge on any atom is -0.325 e. The molecule has 0 atom stereocenters. The Bertz CT molecular complexity index is 705. The van der Waals surface area contributed by atoms with Crippen molar-refractivity contribution in [3.8, 4) is 0 Å². The van der Waals surface area contributed by atoms with Gasteiger partial charge in [-0.15, -0.1) is 6.58 Å². The second-order valence-corrected chi connectivity index (χ2v) is 6.97. The molecule has 0 aliphatic rings. The minimum absolute atomic E-state index is 0.0966. The van der Waals surface area contributed by atoms with E-state index in [0.29, 0.717) is 6.07 Å². The first kappa shape index (κ1) is 19.5. The maximum Gasteiger partial charge on any atom is 0.417 e. The molecular formula is C13H14ClF3N2O3S. The van der Waals surface area contributed by atoms with Gasteiger partial charge >= 0.3 is 6.18 Å². The molecule has 1 N–H and O–H groups in total. The van der Waals surface area contributed by atoms with Crippen molar-refractivity contribution >= 4 is 33.2 Å². The van der Waals surface area contributed by atoms with Crippen LogP contribution in [-0.2, 0) is 21.0 Å². The molecule has 10 heteroatoms. The van der Waals surface area contributed by atoms with Gasteiger partial charge in [0, 0.05) is 12.2 Å². The Kier molecular flexibility index (Phi) is 6.20. The second kappa shape index (κ2) is 7.33. The standard InChI is InChI=1S/C13H14ClF3N2O3S/c1-3-6-19(23(2,21)22)8-12(20)18-9-4-5-11(14)10(7-9)13(15,16)17/h3-5,7H,1,6,8H2,2H3,(H,18,20). The number of hydrogen-bond donors (Lipinski definition) is 1. The number of carbonyl (C=O) groups excluding carboxylic acids is 1. The van der Waals surface area contributed by atoms with Gasteiger partial charge in [-0.1, -0.05) is 17.7 Å². The summed E-state index contributed by atoms with van der Waals surface area (Å²) in [6, 6.07) is 2.87. The average molecular weight is 371 g/mol. The van der Waals surface area contributed by atoms with Gasteiger partial charge < -0.3 is 5.32 Å². The molecule has 1 amide bonds. The topological polar surface area (TPSA) is 66.5 Å². The summed E-state index contributed by atoms with van der Waals surface area (Å²) >= 11 is 5.47. The van der Waals surface area contributed by atoms with Crippen molar-refractivity contribution in [3.05, 3.63) is 41.4 Å². The zero-order chi connectivity index (χ0) is 17.8. The lowest BCUT2D eigenvalue weighted by Gasteiger charge is -2.18. The number of alkyl halides is 3. The number of anilines is 1. The van der Waals surface area contributed by atoms with Crippen molar-refractivity contribution < 1.29 is 26.4 Å². The molecule has 5 nitrogen and oxygen atoms in total. The smallest absolute Gasteiger partial charge is 0.325 e. The third kappa shape index (κ3) is 5.85. The largest absolute Gasteiger partial charge is 0.417 e. The average Bonchev–Trinajstić information content (AvgIpc) is 2.38. The molecule has 0 unspecified atom stereocenters. The Hall–Kier alpha value is -1.58. The maximum atomic E-state index is 12.7. The van der Waals surface area contributed by atoms with Gasteiger partial charge in [0.2, 0.25) is 15.9 Å². The van der Waals surface area contributed by atoms with Crippen LogP contribution in [0.2, 0.25) is 5.02 Å². The Morgan fingerprint density at radius 1 is 1.43 bits per heavy atom. The third-order valence-electron chi connectivity index (χ3n) is 2.68. The van der Waals surface area contributed by atoms with Crippen LogP contribution in [0.15, 0.2) is 30.9 Å². The van der Waals surface area contributed by atoms with Gasteiger partial charge in [-0.25, -0.2) is 8.42 Å². The molecule has 0 aromatic heterocycles. The quantitative estimate of drug-likeness (QED) is 0.783. The van der Waals surface area contributed by atoms with Gasteiger partial charge in [0.1, 0.15) is 0 Å². The molecule has 128 valence electrons. The van der Waals surface area contributed by atoms with E-state index < -0.39 is 39.2 Å². The predicted octanol–water partition coefficient (Wildman–Crippen LogP) is 2.74. The van der Waals surface area contributed by atoms with E-state index in [2.05, 4.69) is 11.9 Å². The lowest BCUT2D eigenvalue weighted by molar-refractivity contribution is -0.137. The first-order valence-corrected chi connectivity index (χ1v) is 8.40. The molecular weight excluding hydrogens is 357 g/mol. The normalized spacial score (nSPS) is 12.3. The zero-order valence-corrected chi connectivity index (χ0v) is 13.6. The van der Waals surface area contributed by atoms with Crippen LogP contribution in [0.3, 0.4) is 0 Å². The van der Waals surface area contributed by atoms with Crippen molar-refractivity contribution in [1.29, 1.82) is 0 Å². The minimum atomic E-state index is -4.67. The molecule has 0 bridgehead atoms. The van der Waals surface area contributed by atoms with E-state index in [1.54, 1.807) is 0 Å². The Labute approximate surface area is 136 Å². The summed E-state index contributed by atoms with van der Waals surface area (Å²) < 4.78 is 62.0. The number of benzene rings is 1. The van der Waals surface area contributed by atoms with Gasteiger partial charge in [-0.3, -0.25) is 4.79 Å². The van der Waals surface area contributed by atoms with Gasteiger partial charge in [0.15, 0.2) is 0 Å². The summed E-state index contributed by atoms with van der Waals surface area (Å²) in [4.78, 5) is 11.8. The molecule has 0 aliphatic carbocycles. The van der Waals surface area contributed by atoms with Gasteiger partial charge in [0.25, 0.3) is 0 Å². The van der Waals surface area contributed by atoms with E-state index in [1.165, 1.54) is 12.1 Å². The van der Waals surface area contributed by atoms with E-state index >= 15 is 0 Å². The molecule has 0 saturated carbocycles. The molecule has 0 fully saturated rings. The van der Waals surface area contributed by atoms with Crippen molar-refractivity contribution in [2.45, 2.75) is 6.18 Å². The van der Waals surface area contributed by atoms with Crippen LogP contribution in [0, 0.1) is 0 Å². The molecule has 0 saturated heterocycles. The molecule has 1 aromatic rings. The molecule has 1 rings (SSSR count). The van der Waals surface area contributed by atoms with Crippen molar-refractivity contribution in [1.82, 2.24) is 4.31 Å². The lowest BCUT2D eigenvalue weighted by Crippen LogP contribution is -2.37. The SMILES string of the molecule is C=CCN(CC(=O)Nc1ccc(Cl)c(C(F)(F)F)c1)S(C)(=O)=O. The second-order valence-electron chi connectivity index (χ2n) is 4.58. The predicted molar refractivity (Wildman–Crippen MR) is 81.7 cm³/mol. The highest BCUT2D eigenvalue weighted by molar-refractivity contribution is 7.88. The van der Waals surface area contributed by atoms with Crippen molar-refractivity contribution in [2.75, 3.05) is 24.7 Å². The van der Waals surface area contributed by atoms with Crippen molar-refractivity contribution in [2.24, 2.45) is 0 Å². The van der Waals surface area contributed by atoms with Crippen LogP contribution in [0.25, 0.3) is 0 Å². The molecule has 1 aromatic carbocycles. The van der Waals surface area contributed by atoms with Crippen LogP contribution >= 0.6 is 11.6 Å². The molecule has 23 heavy (non-hydrogen) atoms. The Balaban J connectivity index is 2.91. The Morgan fingerprint density at radius 3 is 2.52 bits per heavy atom. The van der Waals surface area contributed by atoms with E-state index in [9.17, 15) is 26.4 Å². The highest BCUT2D eigenvalue weighted by atomic mass is 35.5. The van der Waals surface area contributed by atoms with E-state index in [1.807, 2.05) is 0 Å². The van der Waals surface area contributed by atoms with Crippen LogP contribution in [0.4, 0.5) is 18.9 Å². The maximum absolute atomic E-state index is 12.7. The number of halogens is 4. The number of rotatable bonds is 6. The summed E-state index contributed by atoms with van der Waals surface area (Å²) in [5.41, 5.74) is -1.23. The number of sulfonamides is 1. The van der Waals surface area contributed by atoms with Crippen LogP contribution in [0.5, 0.6) is 0 Å².